The number of benzene rings is 2. The van der Waals surface area contributed by atoms with Crippen molar-refractivity contribution in [3.05, 3.63) is 59.2 Å². The maximum atomic E-state index is 8.96. The van der Waals surface area contributed by atoms with Gasteiger partial charge in [-0.1, -0.05) is 30.3 Å². The SMILES string of the molecule is OCCCc1cccc2c1Cc1ccccc1O2. The molecule has 0 saturated heterocycles. The molecule has 0 atom stereocenters. The smallest absolute Gasteiger partial charge is 0.131 e. The zero-order valence-corrected chi connectivity index (χ0v) is 10.2. The lowest BCUT2D eigenvalue weighted by atomic mass is 9.94. The Kier molecular flexibility index (Phi) is 3.03. The van der Waals surface area contributed by atoms with Crippen molar-refractivity contribution in [1.29, 1.82) is 0 Å². The highest BCUT2D eigenvalue weighted by atomic mass is 16.5. The topological polar surface area (TPSA) is 29.5 Å². The maximum Gasteiger partial charge on any atom is 0.131 e. The highest BCUT2D eigenvalue weighted by Crippen LogP contribution is 2.37. The molecule has 0 unspecified atom stereocenters. The van der Waals surface area contributed by atoms with Crippen LogP contribution in [-0.2, 0) is 12.8 Å². The molecule has 1 heterocycles. The van der Waals surface area contributed by atoms with E-state index in [1.165, 1.54) is 16.7 Å². The van der Waals surface area contributed by atoms with Gasteiger partial charge in [-0.2, -0.15) is 0 Å². The van der Waals surface area contributed by atoms with Crippen LogP contribution in [0.2, 0.25) is 0 Å². The van der Waals surface area contributed by atoms with Gasteiger partial charge < -0.3 is 9.84 Å². The summed E-state index contributed by atoms with van der Waals surface area (Å²) in [6, 6.07) is 14.3. The van der Waals surface area contributed by atoms with Crippen molar-refractivity contribution in [1.82, 2.24) is 0 Å². The average Bonchev–Trinajstić information content (AvgIpc) is 2.43. The van der Waals surface area contributed by atoms with Gasteiger partial charge in [-0.05, 0) is 36.1 Å². The molecule has 2 aromatic carbocycles. The molecule has 1 aliphatic rings. The molecule has 0 aliphatic carbocycles. The van der Waals surface area contributed by atoms with Crippen LogP contribution in [0.25, 0.3) is 0 Å². The van der Waals surface area contributed by atoms with Crippen LogP contribution < -0.4 is 4.74 Å². The zero-order valence-electron chi connectivity index (χ0n) is 10.2. The minimum atomic E-state index is 0.237. The Morgan fingerprint density at radius 1 is 1.00 bits per heavy atom. The third-order valence-electron chi connectivity index (χ3n) is 3.39. The Morgan fingerprint density at radius 3 is 2.72 bits per heavy atom. The van der Waals surface area contributed by atoms with Crippen molar-refractivity contribution in [3.63, 3.8) is 0 Å². The first-order valence-corrected chi connectivity index (χ1v) is 6.36. The number of aliphatic hydroxyl groups excluding tert-OH is 1. The van der Waals surface area contributed by atoms with Crippen LogP contribution in [0.1, 0.15) is 23.1 Å². The van der Waals surface area contributed by atoms with E-state index in [1.807, 2.05) is 30.3 Å². The van der Waals surface area contributed by atoms with Crippen molar-refractivity contribution < 1.29 is 9.84 Å². The predicted octanol–water partition coefficient (Wildman–Crippen LogP) is 3.31. The van der Waals surface area contributed by atoms with E-state index >= 15 is 0 Å². The van der Waals surface area contributed by atoms with E-state index in [1.54, 1.807) is 0 Å². The molecule has 3 rings (SSSR count). The molecule has 92 valence electrons. The molecule has 18 heavy (non-hydrogen) atoms. The van der Waals surface area contributed by atoms with Crippen LogP contribution in [0, 0.1) is 0 Å². The van der Waals surface area contributed by atoms with Gasteiger partial charge in [-0.25, -0.2) is 0 Å². The van der Waals surface area contributed by atoms with Crippen LogP contribution in [-0.4, -0.2) is 11.7 Å². The van der Waals surface area contributed by atoms with Gasteiger partial charge in [0.15, 0.2) is 0 Å². The summed E-state index contributed by atoms with van der Waals surface area (Å²) in [6.07, 6.45) is 2.64. The lowest BCUT2D eigenvalue weighted by Crippen LogP contribution is -2.06. The van der Waals surface area contributed by atoms with Crippen molar-refractivity contribution in [2.45, 2.75) is 19.3 Å². The molecular formula is C16H16O2. The molecular weight excluding hydrogens is 224 g/mol. The predicted molar refractivity (Wildman–Crippen MR) is 71.2 cm³/mol. The van der Waals surface area contributed by atoms with Crippen molar-refractivity contribution in [2.75, 3.05) is 6.61 Å². The number of hydrogen-bond donors (Lipinski definition) is 1. The molecule has 2 heteroatoms. The van der Waals surface area contributed by atoms with E-state index in [0.29, 0.717) is 0 Å². The standard InChI is InChI=1S/C16H16O2/c17-10-4-7-12-6-3-9-16-14(12)11-13-5-1-2-8-15(13)18-16/h1-3,5-6,8-9,17H,4,7,10-11H2. The largest absolute Gasteiger partial charge is 0.457 e. The minimum Gasteiger partial charge on any atom is -0.457 e. The van der Waals surface area contributed by atoms with Crippen LogP contribution in [0.3, 0.4) is 0 Å². The Labute approximate surface area is 107 Å². The molecule has 0 fully saturated rings. The molecule has 0 aromatic heterocycles. The highest BCUT2D eigenvalue weighted by Gasteiger charge is 2.18. The van der Waals surface area contributed by atoms with Gasteiger partial charge in [0.25, 0.3) is 0 Å². The van der Waals surface area contributed by atoms with Crippen molar-refractivity contribution in [2.24, 2.45) is 0 Å². The van der Waals surface area contributed by atoms with Gasteiger partial charge in [-0.15, -0.1) is 0 Å². The van der Waals surface area contributed by atoms with Gasteiger partial charge in [0.05, 0.1) is 0 Å². The fourth-order valence-electron chi connectivity index (χ4n) is 2.47. The minimum absolute atomic E-state index is 0.237. The van der Waals surface area contributed by atoms with Crippen molar-refractivity contribution >= 4 is 0 Å². The summed E-state index contributed by atoms with van der Waals surface area (Å²) in [5, 5.41) is 8.96. The van der Waals surface area contributed by atoms with Gasteiger partial charge in [0.2, 0.25) is 0 Å². The van der Waals surface area contributed by atoms with E-state index in [-0.39, 0.29) is 6.61 Å². The quantitative estimate of drug-likeness (QED) is 0.761. The number of rotatable bonds is 3. The fourth-order valence-corrected chi connectivity index (χ4v) is 2.47. The molecule has 0 amide bonds. The summed E-state index contributed by atoms with van der Waals surface area (Å²) in [5.41, 5.74) is 3.79. The normalized spacial score (nSPS) is 12.5. The molecule has 0 spiro atoms. The number of para-hydroxylation sites is 1. The van der Waals surface area contributed by atoms with E-state index in [9.17, 15) is 0 Å². The lowest BCUT2D eigenvalue weighted by Gasteiger charge is -2.22. The van der Waals surface area contributed by atoms with E-state index in [4.69, 9.17) is 9.84 Å². The lowest BCUT2D eigenvalue weighted by molar-refractivity contribution is 0.288. The Morgan fingerprint density at radius 2 is 1.83 bits per heavy atom. The van der Waals surface area contributed by atoms with E-state index in [2.05, 4.69) is 12.1 Å². The number of ether oxygens (including phenoxy) is 1. The summed E-state index contributed by atoms with van der Waals surface area (Å²) in [4.78, 5) is 0. The van der Waals surface area contributed by atoms with Crippen molar-refractivity contribution in [3.8, 4) is 11.5 Å². The number of aliphatic hydroxyl groups is 1. The first kappa shape index (κ1) is 11.3. The molecule has 0 saturated carbocycles. The second-order valence-electron chi connectivity index (χ2n) is 4.61. The summed E-state index contributed by atoms with van der Waals surface area (Å²) in [5.74, 6) is 1.92. The van der Waals surface area contributed by atoms with Gasteiger partial charge >= 0.3 is 0 Å². The Balaban J connectivity index is 1.97. The van der Waals surface area contributed by atoms with Crippen LogP contribution in [0.4, 0.5) is 0 Å². The second-order valence-corrected chi connectivity index (χ2v) is 4.61. The first-order chi connectivity index (χ1) is 8.88. The van der Waals surface area contributed by atoms with Crippen LogP contribution in [0.15, 0.2) is 42.5 Å². The molecule has 0 bridgehead atoms. The van der Waals surface area contributed by atoms with Gasteiger partial charge in [-0.3, -0.25) is 0 Å². The zero-order chi connectivity index (χ0) is 12.4. The first-order valence-electron chi connectivity index (χ1n) is 6.36. The monoisotopic (exact) mass is 240 g/mol. The number of hydrogen-bond acceptors (Lipinski definition) is 2. The maximum absolute atomic E-state index is 8.96. The molecule has 0 radical (unpaired) electrons. The Hall–Kier alpha value is -1.80. The summed E-state index contributed by atoms with van der Waals surface area (Å²) < 4.78 is 5.94. The molecule has 2 nitrogen and oxygen atoms in total. The van der Waals surface area contributed by atoms with E-state index in [0.717, 1.165) is 30.8 Å². The summed E-state index contributed by atoms with van der Waals surface area (Å²) in [7, 11) is 0. The second kappa shape index (κ2) is 4.83. The van der Waals surface area contributed by atoms with Crippen LogP contribution >= 0.6 is 0 Å². The van der Waals surface area contributed by atoms with E-state index < -0.39 is 0 Å². The number of fused-ring (bicyclic) bond motifs is 2. The average molecular weight is 240 g/mol. The molecule has 1 aliphatic heterocycles. The Bertz CT molecular complexity index is 561. The summed E-state index contributed by atoms with van der Waals surface area (Å²) >= 11 is 0. The third kappa shape index (κ3) is 2.00. The number of aryl methyl sites for hydroxylation is 1. The molecule has 2 aromatic rings. The summed E-state index contributed by atoms with van der Waals surface area (Å²) in [6.45, 7) is 0.237. The fraction of sp³-hybridized carbons (Fsp3) is 0.250. The highest BCUT2D eigenvalue weighted by molar-refractivity contribution is 5.52. The molecule has 1 N–H and O–H groups in total. The van der Waals surface area contributed by atoms with Gasteiger partial charge in [0.1, 0.15) is 11.5 Å². The van der Waals surface area contributed by atoms with Crippen LogP contribution in [0.5, 0.6) is 11.5 Å². The van der Waals surface area contributed by atoms with Gasteiger partial charge in [0, 0.05) is 18.6 Å². The third-order valence-corrected chi connectivity index (χ3v) is 3.39.